The SMILES string of the molecule is CCN[C@@H](CC(Cc1ccccc1)NC(=O)c1csc(C(CC(C(C)C)N(C)C(=O)C(NC(=O)C2CCCCN2C)C(C)C)OC(C)=O)n1)C(=O)OC. The predicted molar refractivity (Wildman–Crippen MR) is 205 cm³/mol. The highest BCUT2D eigenvalue weighted by molar-refractivity contribution is 7.09. The molecule has 0 radical (unpaired) electrons. The Morgan fingerprint density at radius 3 is 2.30 bits per heavy atom. The monoisotopic (exact) mass is 756 g/mol. The van der Waals surface area contributed by atoms with Gasteiger partial charge in [0.2, 0.25) is 11.8 Å². The number of methoxy groups -OCH3 is 1. The Kier molecular flexibility index (Phi) is 17.3. The number of rotatable bonds is 19. The van der Waals surface area contributed by atoms with Crippen molar-refractivity contribution in [1.29, 1.82) is 0 Å². The average molecular weight is 757 g/mol. The molecule has 53 heavy (non-hydrogen) atoms. The Balaban J connectivity index is 1.81. The molecule has 0 saturated carbocycles. The Labute approximate surface area is 318 Å². The Hall–Kier alpha value is -3.88. The molecule has 2 heterocycles. The van der Waals surface area contributed by atoms with E-state index in [1.54, 1.807) is 17.3 Å². The fraction of sp³-hybridized carbons (Fsp3) is 0.641. The van der Waals surface area contributed by atoms with Gasteiger partial charge in [0, 0.05) is 37.9 Å². The number of esters is 2. The second-order valence-electron chi connectivity index (χ2n) is 14.6. The zero-order valence-electron chi connectivity index (χ0n) is 32.8. The topological polar surface area (TPSA) is 159 Å². The lowest BCUT2D eigenvalue weighted by atomic mass is 9.94. The van der Waals surface area contributed by atoms with E-state index in [9.17, 15) is 24.0 Å². The van der Waals surface area contributed by atoms with Crippen LogP contribution >= 0.6 is 11.3 Å². The molecule has 0 spiro atoms. The third-order valence-electron chi connectivity index (χ3n) is 9.83. The van der Waals surface area contributed by atoms with Gasteiger partial charge >= 0.3 is 11.9 Å². The van der Waals surface area contributed by atoms with Gasteiger partial charge in [-0.2, -0.15) is 0 Å². The summed E-state index contributed by atoms with van der Waals surface area (Å²) >= 11 is 1.20. The van der Waals surface area contributed by atoms with Crippen LogP contribution in [-0.4, -0.2) is 109 Å². The summed E-state index contributed by atoms with van der Waals surface area (Å²) in [7, 11) is 4.99. The van der Waals surface area contributed by atoms with Crippen LogP contribution in [0.25, 0.3) is 0 Å². The molecule has 3 rings (SSSR count). The van der Waals surface area contributed by atoms with Crippen LogP contribution in [0.15, 0.2) is 35.7 Å². The van der Waals surface area contributed by atoms with Crippen molar-refractivity contribution in [3.8, 4) is 0 Å². The fourth-order valence-corrected chi connectivity index (χ4v) is 7.72. The molecule has 1 aromatic carbocycles. The van der Waals surface area contributed by atoms with Crippen molar-refractivity contribution >= 4 is 41.0 Å². The van der Waals surface area contributed by atoms with E-state index in [0.29, 0.717) is 24.4 Å². The number of nitrogens with one attached hydrogen (secondary N) is 3. The highest BCUT2D eigenvalue weighted by Gasteiger charge is 2.37. The number of carbonyl (C=O) groups is 5. The van der Waals surface area contributed by atoms with E-state index in [-0.39, 0.29) is 47.8 Å². The number of likely N-dealkylation sites (N-methyl/N-ethyl adjacent to an activating group) is 3. The van der Waals surface area contributed by atoms with Gasteiger partial charge in [0.1, 0.15) is 22.8 Å². The highest BCUT2D eigenvalue weighted by Crippen LogP contribution is 2.31. The normalized spacial score (nSPS) is 17.7. The van der Waals surface area contributed by atoms with Gasteiger partial charge in [0.15, 0.2) is 6.10 Å². The molecule has 5 unspecified atom stereocenters. The number of aromatic nitrogens is 1. The van der Waals surface area contributed by atoms with Crippen LogP contribution in [-0.2, 0) is 35.1 Å². The highest BCUT2D eigenvalue weighted by atomic mass is 32.1. The number of hydrogen-bond donors (Lipinski definition) is 3. The van der Waals surface area contributed by atoms with Crippen molar-refractivity contribution in [1.82, 2.24) is 30.7 Å². The Bertz CT molecular complexity index is 1500. The minimum atomic E-state index is -0.831. The van der Waals surface area contributed by atoms with Crippen molar-refractivity contribution in [2.45, 2.75) is 116 Å². The molecule has 294 valence electrons. The summed E-state index contributed by atoms with van der Waals surface area (Å²) in [6.45, 7) is 12.4. The van der Waals surface area contributed by atoms with Crippen molar-refractivity contribution in [2.24, 2.45) is 11.8 Å². The zero-order chi connectivity index (χ0) is 39.2. The summed E-state index contributed by atoms with van der Waals surface area (Å²) in [6.07, 6.45) is 2.94. The van der Waals surface area contributed by atoms with Crippen LogP contribution in [0.3, 0.4) is 0 Å². The van der Waals surface area contributed by atoms with Gasteiger partial charge in [-0.1, -0.05) is 71.4 Å². The third-order valence-corrected chi connectivity index (χ3v) is 10.8. The fourth-order valence-electron chi connectivity index (χ4n) is 6.88. The molecule has 13 nitrogen and oxygen atoms in total. The van der Waals surface area contributed by atoms with Gasteiger partial charge in [0.25, 0.3) is 5.91 Å². The number of piperidine rings is 1. The lowest BCUT2D eigenvalue weighted by Gasteiger charge is -2.37. The molecule has 1 fully saturated rings. The number of benzene rings is 1. The molecule has 14 heteroatoms. The van der Waals surface area contributed by atoms with Crippen LogP contribution in [0.1, 0.15) is 101 Å². The van der Waals surface area contributed by atoms with Gasteiger partial charge in [-0.3, -0.25) is 28.9 Å². The molecule has 1 aliphatic rings. The average Bonchev–Trinajstić information content (AvgIpc) is 3.62. The van der Waals surface area contributed by atoms with E-state index >= 15 is 0 Å². The number of likely N-dealkylation sites (tertiary alicyclic amines) is 1. The molecule has 0 aliphatic carbocycles. The number of ether oxygens (including phenoxy) is 2. The molecule has 3 N–H and O–H groups in total. The van der Waals surface area contributed by atoms with Crippen LogP contribution < -0.4 is 16.0 Å². The molecule has 1 saturated heterocycles. The first kappa shape index (κ1) is 43.5. The first-order valence-corrected chi connectivity index (χ1v) is 19.6. The Morgan fingerprint density at radius 2 is 1.72 bits per heavy atom. The maximum atomic E-state index is 14.1. The minimum absolute atomic E-state index is 0.0454. The van der Waals surface area contributed by atoms with Crippen molar-refractivity contribution in [3.05, 3.63) is 52.0 Å². The summed E-state index contributed by atoms with van der Waals surface area (Å²) in [5.74, 6) is -1.94. The number of nitrogens with zero attached hydrogens (tertiary/aromatic N) is 3. The van der Waals surface area contributed by atoms with E-state index < -0.39 is 42.1 Å². The summed E-state index contributed by atoms with van der Waals surface area (Å²) in [6, 6.07) is 7.23. The van der Waals surface area contributed by atoms with Gasteiger partial charge in [-0.05, 0) is 63.2 Å². The maximum absolute atomic E-state index is 14.1. The van der Waals surface area contributed by atoms with E-state index in [1.807, 2.05) is 76.9 Å². The molecular formula is C39H60N6O7S. The number of hydrogen-bond acceptors (Lipinski definition) is 11. The van der Waals surface area contributed by atoms with E-state index in [0.717, 1.165) is 31.4 Å². The quantitative estimate of drug-likeness (QED) is 0.178. The molecule has 6 atom stereocenters. The van der Waals surface area contributed by atoms with Crippen LogP contribution in [0.4, 0.5) is 0 Å². The van der Waals surface area contributed by atoms with Crippen molar-refractivity contribution < 1.29 is 33.4 Å². The second-order valence-corrected chi connectivity index (χ2v) is 15.5. The number of carbonyl (C=O) groups excluding carboxylic acids is 5. The molecule has 2 aromatic rings. The second kappa shape index (κ2) is 21.1. The van der Waals surface area contributed by atoms with E-state index in [2.05, 4.69) is 20.9 Å². The number of thiazole rings is 1. The molecule has 3 amide bonds. The summed E-state index contributed by atoms with van der Waals surface area (Å²) < 4.78 is 10.8. The molecular weight excluding hydrogens is 697 g/mol. The first-order valence-electron chi connectivity index (χ1n) is 18.7. The third kappa shape index (κ3) is 12.9. The first-order chi connectivity index (χ1) is 25.2. The summed E-state index contributed by atoms with van der Waals surface area (Å²) in [5.41, 5.74) is 1.14. The predicted octanol–water partition coefficient (Wildman–Crippen LogP) is 4.13. The lowest BCUT2D eigenvalue weighted by molar-refractivity contribution is -0.149. The summed E-state index contributed by atoms with van der Waals surface area (Å²) in [5, 5.41) is 11.3. The van der Waals surface area contributed by atoms with E-state index in [4.69, 9.17) is 9.47 Å². The van der Waals surface area contributed by atoms with Crippen LogP contribution in [0.2, 0.25) is 0 Å². The van der Waals surface area contributed by atoms with Gasteiger partial charge in [-0.15, -0.1) is 11.3 Å². The van der Waals surface area contributed by atoms with Crippen molar-refractivity contribution in [3.63, 3.8) is 0 Å². The van der Waals surface area contributed by atoms with Crippen molar-refractivity contribution in [2.75, 3.05) is 34.3 Å². The zero-order valence-corrected chi connectivity index (χ0v) is 33.7. The smallest absolute Gasteiger partial charge is 0.322 e. The van der Waals surface area contributed by atoms with Crippen LogP contribution in [0.5, 0.6) is 0 Å². The lowest BCUT2D eigenvalue weighted by Crippen LogP contribution is -2.57. The molecule has 0 bridgehead atoms. The molecule has 1 aromatic heterocycles. The van der Waals surface area contributed by atoms with E-state index in [1.165, 1.54) is 25.4 Å². The molecule has 1 aliphatic heterocycles. The maximum Gasteiger partial charge on any atom is 0.322 e. The Morgan fingerprint density at radius 1 is 1.02 bits per heavy atom. The standard InChI is InChI=1S/C39H60N6O7S/c1-10-40-29(39(50)51-9)21-28(20-27-16-12-11-13-17-27)41-35(47)30-23-53-37(42-30)33(52-26(6)46)22-32(24(2)3)45(8)38(49)34(25(4)5)43-36(48)31-18-14-15-19-44(31)7/h11-13,16-17,23-25,28-29,31-34,40H,10,14-15,18-22H2,1-9H3,(H,41,47)(H,43,48)/t28?,29-,31?,32?,33?,34?/m0/s1. The van der Waals surface area contributed by atoms with Gasteiger partial charge in [0.05, 0.1) is 13.2 Å². The summed E-state index contributed by atoms with van der Waals surface area (Å²) in [4.78, 5) is 74.3. The van der Waals surface area contributed by atoms with Gasteiger partial charge in [-0.25, -0.2) is 4.98 Å². The minimum Gasteiger partial charge on any atom is -0.468 e. The largest absolute Gasteiger partial charge is 0.468 e. The van der Waals surface area contributed by atoms with Gasteiger partial charge < -0.3 is 30.3 Å². The van der Waals surface area contributed by atoms with Crippen LogP contribution in [0, 0.1) is 11.8 Å². The number of amides is 3.